The van der Waals surface area contributed by atoms with E-state index in [2.05, 4.69) is 5.32 Å². The number of carbonyl (C=O) groups is 2. The molecule has 1 rings (SSSR count). The third kappa shape index (κ3) is 7.23. The van der Waals surface area contributed by atoms with Gasteiger partial charge in [0.2, 0.25) is 6.17 Å². The lowest BCUT2D eigenvalue weighted by Crippen LogP contribution is -2.28. The molecule has 1 unspecified atom stereocenters. The highest BCUT2D eigenvalue weighted by Crippen LogP contribution is 2.21. The van der Waals surface area contributed by atoms with Crippen LogP contribution in [-0.2, 0) is 9.59 Å². The van der Waals surface area contributed by atoms with E-state index >= 15 is 0 Å². The van der Waals surface area contributed by atoms with Gasteiger partial charge in [0.1, 0.15) is 5.75 Å². The number of ether oxygens (including phenoxy) is 1. The highest BCUT2D eigenvalue weighted by molar-refractivity contribution is 5.82. The summed E-state index contributed by atoms with van der Waals surface area (Å²) < 4.78 is 19.1. The molecule has 23 heavy (non-hydrogen) atoms. The maximum atomic E-state index is 14.1. The maximum absolute atomic E-state index is 14.1. The summed E-state index contributed by atoms with van der Waals surface area (Å²) in [5.41, 5.74) is 5.63. The van der Waals surface area contributed by atoms with Gasteiger partial charge in [0.15, 0.2) is 0 Å². The molecule has 0 spiro atoms. The molecule has 3 N–H and O–H groups in total. The number of hydrogen-bond acceptors (Lipinski definition) is 4. The molecule has 128 valence electrons. The summed E-state index contributed by atoms with van der Waals surface area (Å²) >= 11 is 0. The maximum Gasteiger partial charge on any atom is 0.310 e. The number of unbranched alkanes of at least 4 members (excludes halogenated alkanes) is 3. The molecular formula is C17H25FN2O3. The van der Waals surface area contributed by atoms with Gasteiger partial charge < -0.3 is 15.8 Å². The predicted octanol–water partition coefficient (Wildman–Crippen LogP) is 2.65. The smallest absolute Gasteiger partial charge is 0.310 e. The van der Waals surface area contributed by atoms with Crippen molar-refractivity contribution in [3.8, 4) is 5.75 Å². The monoisotopic (exact) mass is 324 g/mol. The Morgan fingerprint density at radius 2 is 1.83 bits per heavy atom. The van der Waals surface area contributed by atoms with Crippen LogP contribution < -0.4 is 15.8 Å². The first kappa shape index (κ1) is 19.1. The molecule has 1 aromatic carbocycles. The summed E-state index contributed by atoms with van der Waals surface area (Å²) in [6, 6.07) is 5.86. The van der Waals surface area contributed by atoms with Crippen molar-refractivity contribution in [3.05, 3.63) is 29.8 Å². The fourth-order valence-electron chi connectivity index (χ4n) is 1.98. The molecule has 0 bridgehead atoms. The van der Waals surface area contributed by atoms with E-state index in [1.807, 2.05) is 0 Å². The number of hydrogen-bond donors (Lipinski definition) is 2. The Kier molecular flexibility index (Phi) is 8.90. The zero-order valence-corrected chi connectivity index (χ0v) is 13.5. The van der Waals surface area contributed by atoms with Crippen LogP contribution in [0.5, 0.6) is 5.75 Å². The van der Waals surface area contributed by atoms with Crippen LogP contribution in [0.3, 0.4) is 0 Å². The Morgan fingerprint density at radius 3 is 2.43 bits per heavy atom. The molecule has 0 aliphatic heterocycles. The molecule has 1 atom stereocenters. The molecule has 0 saturated carbocycles. The van der Waals surface area contributed by atoms with Gasteiger partial charge in [0.25, 0.3) is 5.91 Å². The number of benzene rings is 1. The van der Waals surface area contributed by atoms with Crippen LogP contribution in [0.25, 0.3) is 0 Å². The summed E-state index contributed by atoms with van der Waals surface area (Å²) in [5.74, 6) is -0.669. The van der Waals surface area contributed by atoms with E-state index in [0.717, 1.165) is 25.7 Å². The van der Waals surface area contributed by atoms with Crippen molar-refractivity contribution in [1.29, 1.82) is 0 Å². The zero-order chi connectivity index (χ0) is 17.1. The van der Waals surface area contributed by atoms with Crippen molar-refractivity contribution >= 4 is 11.9 Å². The average Bonchev–Trinajstić information content (AvgIpc) is 2.57. The minimum Gasteiger partial charge on any atom is -0.427 e. The number of nitrogens with one attached hydrogen (secondary N) is 1. The summed E-state index contributed by atoms with van der Waals surface area (Å²) in [6.07, 6.45) is 2.30. The highest BCUT2D eigenvalue weighted by atomic mass is 19.1. The lowest BCUT2D eigenvalue weighted by Gasteiger charge is -2.10. The van der Waals surface area contributed by atoms with Crippen molar-refractivity contribution < 1.29 is 18.7 Å². The first-order chi connectivity index (χ1) is 11.1. The molecular weight excluding hydrogens is 299 g/mol. The standard InChI is InChI=1S/C17H25FN2O3/c1-2-15(21)23-14-9-7-13(8-10-14)16(18)17(22)20-12-6-4-3-5-11-19/h7-10,16H,2-6,11-12,19H2,1H3,(H,20,22). The molecule has 0 aliphatic carbocycles. The molecule has 6 heteroatoms. The van der Waals surface area contributed by atoms with Gasteiger partial charge in [0.05, 0.1) is 0 Å². The Morgan fingerprint density at radius 1 is 1.17 bits per heavy atom. The third-order valence-corrected chi connectivity index (χ3v) is 3.35. The molecule has 0 fully saturated rings. The molecule has 5 nitrogen and oxygen atoms in total. The second kappa shape index (κ2) is 10.7. The van der Waals surface area contributed by atoms with E-state index in [1.165, 1.54) is 24.3 Å². The average molecular weight is 324 g/mol. The molecule has 0 saturated heterocycles. The highest BCUT2D eigenvalue weighted by Gasteiger charge is 2.19. The topological polar surface area (TPSA) is 81.4 Å². The van der Waals surface area contributed by atoms with E-state index in [4.69, 9.17) is 10.5 Å². The number of amides is 1. The number of halogens is 1. The predicted molar refractivity (Wildman–Crippen MR) is 86.7 cm³/mol. The van der Waals surface area contributed by atoms with Gasteiger partial charge in [-0.2, -0.15) is 0 Å². The number of rotatable bonds is 10. The normalized spacial score (nSPS) is 11.8. The number of alkyl halides is 1. The molecule has 0 heterocycles. The second-order valence-electron chi connectivity index (χ2n) is 5.25. The first-order valence-corrected chi connectivity index (χ1v) is 8.01. The van der Waals surface area contributed by atoms with Gasteiger partial charge in [-0.15, -0.1) is 0 Å². The number of nitrogens with two attached hydrogens (primary N) is 1. The largest absolute Gasteiger partial charge is 0.427 e. The minimum absolute atomic E-state index is 0.238. The van der Waals surface area contributed by atoms with Crippen molar-refractivity contribution in [2.45, 2.75) is 45.2 Å². The van der Waals surface area contributed by atoms with Gasteiger partial charge in [-0.1, -0.05) is 31.9 Å². The van der Waals surface area contributed by atoms with Crippen LogP contribution in [-0.4, -0.2) is 25.0 Å². The van der Waals surface area contributed by atoms with Crippen molar-refractivity contribution in [3.63, 3.8) is 0 Å². The van der Waals surface area contributed by atoms with Crippen molar-refractivity contribution in [1.82, 2.24) is 5.32 Å². The number of esters is 1. The van der Waals surface area contributed by atoms with Crippen LogP contribution >= 0.6 is 0 Å². The summed E-state index contributed by atoms with van der Waals surface area (Å²) in [5, 5.41) is 2.58. The van der Waals surface area contributed by atoms with Crippen molar-refractivity contribution in [2.75, 3.05) is 13.1 Å². The van der Waals surface area contributed by atoms with Crippen LogP contribution in [0.4, 0.5) is 4.39 Å². The van der Waals surface area contributed by atoms with Crippen LogP contribution in [0.15, 0.2) is 24.3 Å². The van der Waals surface area contributed by atoms with Crippen LogP contribution in [0.2, 0.25) is 0 Å². The Balaban J connectivity index is 2.39. The molecule has 0 radical (unpaired) electrons. The van der Waals surface area contributed by atoms with Gasteiger partial charge in [-0.05, 0) is 37.1 Å². The van der Waals surface area contributed by atoms with Gasteiger partial charge in [0, 0.05) is 13.0 Å². The van der Waals surface area contributed by atoms with Gasteiger partial charge >= 0.3 is 5.97 Å². The van der Waals surface area contributed by atoms with E-state index < -0.39 is 12.1 Å². The van der Waals surface area contributed by atoms with Gasteiger partial charge in [-0.3, -0.25) is 9.59 Å². The Labute approximate surface area is 136 Å². The second-order valence-corrected chi connectivity index (χ2v) is 5.25. The van der Waals surface area contributed by atoms with E-state index in [9.17, 15) is 14.0 Å². The summed E-state index contributed by atoms with van der Waals surface area (Å²) in [4.78, 5) is 22.9. The first-order valence-electron chi connectivity index (χ1n) is 8.01. The summed E-state index contributed by atoms with van der Waals surface area (Å²) in [7, 11) is 0. The lowest BCUT2D eigenvalue weighted by molar-refractivity contribution is -0.134. The third-order valence-electron chi connectivity index (χ3n) is 3.35. The Bertz CT molecular complexity index is 491. The van der Waals surface area contributed by atoms with Gasteiger partial charge in [-0.25, -0.2) is 4.39 Å². The van der Waals surface area contributed by atoms with E-state index in [0.29, 0.717) is 18.8 Å². The fraction of sp³-hybridized carbons (Fsp3) is 0.529. The number of carbonyl (C=O) groups excluding carboxylic acids is 2. The molecule has 0 aromatic heterocycles. The van der Waals surface area contributed by atoms with E-state index in [-0.39, 0.29) is 18.0 Å². The van der Waals surface area contributed by atoms with Crippen LogP contribution in [0.1, 0.15) is 50.8 Å². The minimum atomic E-state index is -1.73. The lowest BCUT2D eigenvalue weighted by atomic mass is 10.1. The fourth-order valence-corrected chi connectivity index (χ4v) is 1.98. The molecule has 1 amide bonds. The van der Waals surface area contributed by atoms with Crippen LogP contribution in [0, 0.1) is 0 Å². The molecule has 0 aliphatic rings. The Hall–Kier alpha value is -1.95. The quantitative estimate of drug-likeness (QED) is 0.394. The van der Waals surface area contributed by atoms with E-state index in [1.54, 1.807) is 6.92 Å². The molecule has 1 aromatic rings. The zero-order valence-electron chi connectivity index (χ0n) is 13.5. The SMILES string of the molecule is CCC(=O)Oc1ccc(C(F)C(=O)NCCCCCCN)cc1. The summed E-state index contributed by atoms with van der Waals surface area (Å²) in [6.45, 7) is 2.81. The van der Waals surface area contributed by atoms with Crippen molar-refractivity contribution in [2.24, 2.45) is 5.73 Å².